The number of rotatable bonds is 10. The number of pyridine rings is 1. The molecule has 3 atom stereocenters. The van der Waals surface area contributed by atoms with E-state index in [2.05, 4.69) is 53.4 Å². The number of amides is 1. The number of nitrogens with zero attached hydrogens (tertiary/aromatic N) is 2. The molecule has 36 heavy (non-hydrogen) atoms. The average molecular weight is 534 g/mol. The Morgan fingerprint density at radius 3 is 2.56 bits per heavy atom. The van der Waals surface area contributed by atoms with E-state index in [-0.39, 0.29) is 17.1 Å². The fraction of sp³-hybridized carbons (Fsp3) is 0.571. The van der Waals surface area contributed by atoms with Crippen molar-refractivity contribution >= 4 is 29.1 Å². The predicted octanol–water partition coefficient (Wildman–Crippen LogP) is 5.87. The Morgan fingerprint density at radius 2 is 1.89 bits per heavy atom. The van der Waals surface area contributed by atoms with Gasteiger partial charge in [-0.3, -0.25) is 9.69 Å². The molecule has 0 spiro atoms. The monoisotopic (exact) mass is 532 g/mol. The van der Waals surface area contributed by atoms with Crippen LogP contribution in [0.2, 0.25) is 10.2 Å². The number of nitrogens with one attached hydrogen (secondary N) is 2. The van der Waals surface area contributed by atoms with Crippen molar-refractivity contribution in [2.45, 2.75) is 83.5 Å². The summed E-state index contributed by atoms with van der Waals surface area (Å²) in [6.07, 6.45) is 7.89. The first-order valence-electron chi connectivity index (χ1n) is 13.1. The quantitative estimate of drug-likeness (QED) is 0.296. The molecule has 2 saturated heterocycles. The van der Waals surface area contributed by atoms with Crippen LogP contribution >= 0.6 is 23.2 Å². The minimum atomic E-state index is -0.139. The molecule has 0 aliphatic carbocycles. The molecule has 2 fully saturated rings. The van der Waals surface area contributed by atoms with E-state index in [1.54, 1.807) is 6.07 Å². The summed E-state index contributed by atoms with van der Waals surface area (Å²) >= 11 is 12.0. The lowest BCUT2D eigenvalue weighted by atomic mass is 9.91. The van der Waals surface area contributed by atoms with E-state index in [1.165, 1.54) is 35.7 Å². The van der Waals surface area contributed by atoms with Gasteiger partial charge in [-0.05, 0) is 102 Å². The molecule has 2 aromatic rings. The second-order valence-electron chi connectivity index (χ2n) is 10.2. The number of carbonyl (C=O) groups is 1. The molecule has 3 unspecified atom stereocenters. The maximum absolute atomic E-state index is 12.8. The number of benzene rings is 1. The van der Waals surface area contributed by atoms with Gasteiger partial charge in [0, 0.05) is 30.4 Å². The Bertz CT molecular complexity index is 1070. The number of hydrogen-bond acceptors (Lipinski definition) is 5. The van der Waals surface area contributed by atoms with Crippen molar-refractivity contribution in [3.05, 3.63) is 56.8 Å². The van der Waals surface area contributed by atoms with Gasteiger partial charge in [-0.1, -0.05) is 29.3 Å². The summed E-state index contributed by atoms with van der Waals surface area (Å²) in [5.41, 5.74) is 4.37. The van der Waals surface area contributed by atoms with Crippen molar-refractivity contribution in [3.8, 4) is 5.75 Å². The van der Waals surface area contributed by atoms with Gasteiger partial charge in [0.1, 0.15) is 10.9 Å². The molecule has 2 aliphatic rings. The number of ether oxygens (including phenoxy) is 1. The summed E-state index contributed by atoms with van der Waals surface area (Å²) in [6, 6.07) is 7.36. The van der Waals surface area contributed by atoms with E-state index in [4.69, 9.17) is 27.9 Å². The molecule has 3 heterocycles. The first kappa shape index (κ1) is 27.2. The molecular weight excluding hydrogens is 495 g/mol. The van der Waals surface area contributed by atoms with Crippen molar-refractivity contribution in [2.75, 3.05) is 20.2 Å². The third-order valence-corrected chi connectivity index (χ3v) is 8.62. The van der Waals surface area contributed by atoms with Crippen LogP contribution in [0, 0.1) is 13.8 Å². The van der Waals surface area contributed by atoms with Crippen molar-refractivity contribution in [2.24, 2.45) is 0 Å². The number of hydrogen-bond donors (Lipinski definition) is 2. The number of unbranched alkanes of at least 4 members (excludes halogenated alkanes) is 1. The Balaban J connectivity index is 1.38. The van der Waals surface area contributed by atoms with Gasteiger partial charge in [0.05, 0.1) is 17.2 Å². The molecular formula is C28H38Cl2N4O2. The number of aromatic nitrogens is 1. The molecule has 1 aromatic carbocycles. The van der Waals surface area contributed by atoms with Crippen LogP contribution in [-0.4, -0.2) is 54.1 Å². The number of piperidine rings is 1. The Hall–Kier alpha value is -1.86. The molecule has 0 radical (unpaired) electrons. The summed E-state index contributed by atoms with van der Waals surface area (Å²) in [7, 11) is 1.98. The van der Waals surface area contributed by atoms with Crippen molar-refractivity contribution in [1.29, 1.82) is 0 Å². The van der Waals surface area contributed by atoms with Crippen molar-refractivity contribution < 1.29 is 9.53 Å². The van der Waals surface area contributed by atoms with E-state index in [1.807, 2.05) is 7.05 Å². The lowest BCUT2D eigenvalue weighted by Gasteiger charge is -2.43. The smallest absolute Gasteiger partial charge is 0.253 e. The van der Waals surface area contributed by atoms with Crippen LogP contribution in [0.4, 0.5) is 0 Å². The van der Waals surface area contributed by atoms with Gasteiger partial charge in [-0.25, -0.2) is 4.98 Å². The molecule has 4 rings (SSSR count). The SMILES string of the molecule is CNCCCCOc1ccc(C(C)N2C3CCC2CC(NC(=O)c2cnc(Cl)c(Cl)c2)C3)c(C)c1C. The first-order valence-corrected chi connectivity index (χ1v) is 13.8. The summed E-state index contributed by atoms with van der Waals surface area (Å²) in [5.74, 6) is 0.856. The molecule has 1 aromatic heterocycles. The highest BCUT2D eigenvalue weighted by Gasteiger charge is 2.43. The van der Waals surface area contributed by atoms with Crippen LogP contribution < -0.4 is 15.4 Å². The topological polar surface area (TPSA) is 66.5 Å². The van der Waals surface area contributed by atoms with Gasteiger partial charge in [0.25, 0.3) is 5.91 Å². The minimum absolute atomic E-state index is 0.139. The van der Waals surface area contributed by atoms with E-state index >= 15 is 0 Å². The van der Waals surface area contributed by atoms with Gasteiger partial charge in [0.2, 0.25) is 0 Å². The van der Waals surface area contributed by atoms with Gasteiger partial charge in [-0.15, -0.1) is 0 Å². The highest BCUT2D eigenvalue weighted by atomic mass is 35.5. The second-order valence-corrected chi connectivity index (χ2v) is 11.0. The fourth-order valence-electron chi connectivity index (χ4n) is 5.95. The summed E-state index contributed by atoms with van der Waals surface area (Å²) in [4.78, 5) is 19.5. The van der Waals surface area contributed by atoms with Gasteiger partial charge in [-0.2, -0.15) is 0 Å². The first-order chi connectivity index (χ1) is 17.3. The van der Waals surface area contributed by atoms with E-state index in [0.29, 0.717) is 28.7 Å². The molecule has 2 bridgehead atoms. The maximum Gasteiger partial charge on any atom is 0.253 e. The molecule has 1 amide bonds. The van der Waals surface area contributed by atoms with Crippen LogP contribution in [0.1, 0.15) is 78.5 Å². The minimum Gasteiger partial charge on any atom is -0.493 e. The Morgan fingerprint density at radius 1 is 1.17 bits per heavy atom. The number of fused-ring (bicyclic) bond motifs is 2. The molecule has 2 N–H and O–H groups in total. The Labute approximate surface area is 225 Å². The Kier molecular flexibility index (Phi) is 9.15. The highest BCUT2D eigenvalue weighted by molar-refractivity contribution is 6.41. The molecule has 0 saturated carbocycles. The van der Waals surface area contributed by atoms with Crippen molar-refractivity contribution in [3.63, 3.8) is 0 Å². The van der Waals surface area contributed by atoms with Gasteiger partial charge < -0.3 is 15.4 Å². The van der Waals surface area contributed by atoms with Crippen LogP contribution in [0.5, 0.6) is 5.75 Å². The second kappa shape index (κ2) is 12.1. The lowest BCUT2D eigenvalue weighted by molar-refractivity contribution is 0.0689. The summed E-state index contributed by atoms with van der Waals surface area (Å²) < 4.78 is 6.10. The normalized spacial score (nSPS) is 22.4. The largest absolute Gasteiger partial charge is 0.493 e. The zero-order valence-corrected chi connectivity index (χ0v) is 23.3. The molecule has 2 aliphatic heterocycles. The van der Waals surface area contributed by atoms with Crippen molar-refractivity contribution in [1.82, 2.24) is 20.5 Å². The van der Waals surface area contributed by atoms with Crippen LogP contribution in [-0.2, 0) is 0 Å². The average Bonchev–Trinajstić information content (AvgIpc) is 3.13. The zero-order valence-electron chi connectivity index (χ0n) is 21.7. The summed E-state index contributed by atoms with van der Waals surface area (Å²) in [5, 5.41) is 6.90. The lowest BCUT2D eigenvalue weighted by Crippen LogP contribution is -2.51. The standard InChI is InChI=1S/C28H38Cl2N4O2/c1-17-18(2)26(36-12-6-5-11-31-4)10-9-24(17)19(3)34-22-7-8-23(34)15-21(14-22)33-28(35)20-13-25(29)27(30)32-16-20/h9-10,13,16,19,21-23,31H,5-8,11-12,14-15H2,1-4H3,(H,33,35). The van der Waals surface area contributed by atoms with Crippen LogP contribution in [0.15, 0.2) is 24.4 Å². The predicted molar refractivity (Wildman–Crippen MR) is 146 cm³/mol. The van der Waals surface area contributed by atoms with Crippen LogP contribution in [0.25, 0.3) is 0 Å². The molecule has 196 valence electrons. The maximum atomic E-state index is 12.8. The number of carbonyl (C=O) groups excluding carboxylic acids is 1. The zero-order chi connectivity index (χ0) is 25.8. The fourth-order valence-corrected chi connectivity index (χ4v) is 6.22. The van der Waals surface area contributed by atoms with E-state index < -0.39 is 0 Å². The third-order valence-electron chi connectivity index (χ3n) is 7.94. The highest BCUT2D eigenvalue weighted by Crippen LogP contribution is 2.43. The van der Waals surface area contributed by atoms with Gasteiger partial charge >= 0.3 is 0 Å². The van der Waals surface area contributed by atoms with E-state index in [9.17, 15) is 4.79 Å². The molecule has 6 nitrogen and oxygen atoms in total. The third kappa shape index (κ3) is 5.99. The summed E-state index contributed by atoms with van der Waals surface area (Å²) in [6.45, 7) is 8.48. The van der Waals surface area contributed by atoms with Crippen LogP contribution in [0.3, 0.4) is 0 Å². The molecule has 8 heteroatoms. The van der Waals surface area contributed by atoms with Gasteiger partial charge in [0.15, 0.2) is 0 Å². The number of halogens is 2. The van der Waals surface area contributed by atoms with E-state index in [0.717, 1.165) is 44.6 Å².